The average molecular weight is 392 g/mol. The first-order chi connectivity index (χ1) is 13.4. The molecule has 0 aromatic carbocycles. The first kappa shape index (κ1) is 18.6. The maximum absolute atomic E-state index is 13.0. The van der Waals surface area contributed by atoms with E-state index in [1.165, 1.54) is 12.4 Å². The van der Waals surface area contributed by atoms with E-state index in [4.69, 9.17) is 0 Å². The van der Waals surface area contributed by atoms with Gasteiger partial charge in [-0.1, -0.05) is 0 Å². The highest BCUT2D eigenvalue weighted by atomic mass is 19.4. The Morgan fingerprint density at radius 1 is 1.00 bits per heavy atom. The fourth-order valence-electron chi connectivity index (χ4n) is 3.57. The number of carbonyl (C=O) groups excluding carboxylic acids is 1. The lowest BCUT2D eigenvalue weighted by Crippen LogP contribution is -2.48. The summed E-state index contributed by atoms with van der Waals surface area (Å²) in [5.41, 5.74) is -0.933. The van der Waals surface area contributed by atoms with E-state index in [-0.39, 0.29) is 23.8 Å². The normalized spacial score (nSPS) is 18.2. The number of hydrogen-bond donors (Lipinski definition) is 0. The second-order valence-corrected chi connectivity index (χ2v) is 6.99. The van der Waals surface area contributed by atoms with Crippen LogP contribution < -0.4 is 4.90 Å². The zero-order valence-electron chi connectivity index (χ0n) is 15.0. The number of piperidine rings is 1. The van der Waals surface area contributed by atoms with Crippen molar-refractivity contribution in [2.45, 2.75) is 43.9 Å². The van der Waals surface area contributed by atoms with Crippen molar-refractivity contribution in [3.8, 4) is 0 Å². The number of alkyl halides is 3. The molecule has 1 saturated heterocycles. The molecule has 10 heteroatoms. The summed E-state index contributed by atoms with van der Waals surface area (Å²) in [6.07, 6.45) is 2.69. The fraction of sp³-hybridized carbons (Fsp3) is 0.500. The predicted octanol–water partition coefficient (Wildman–Crippen LogP) is 2.56. The summed E-state index contributed by atoms with van der Waals surface area (Å²) in [5, 5.41) is 0. The highest BCUT2D eigenvalue weighted by molar-refractivity contribution is 5.90. The summed E-state index contributed by atoms with van der Waals surface area (Å²) in [7, 11) is 0. The van der Waals surface area contributed by atoms with Gasteiger partial charge >= 0.3 is 6.18 Å². The molecule has 4 rings (SSSR count). The maximum atomic E-state index is 13.0. The molecule has 7 nitrogen and oxygen atoms in total. The minimum Gasteiger partial charge on any atom is -0.350 e. The maximum Gasteiger partial charge on any atom is 0.433 e. The van der Waals surface area contributed by atoms with E-state index in [0.717, 1.165) is 25.2 Å². The van der Waals surface area contributed by atoms with Crippen molar-refractivity contribution in [1.82, 2.24) is 24.8 Å². The molecule has 0 N–H and O–H groups in total. The Hall–Kier alpha value is -2.78. The molecule has 148 valence electrons. The van der Waals surface area contributed by atoms with E-state index in [0.29, 0.717) is 31.7 Å². The van der Waals surface area contributed by atoms with Crippen molar-refractivity contribution >= 4 is 11.7 Å². The van der Waals surface area contributed by atoms with Gasteiger partial charge in [0.15, 0.2) is 0 Å². The number of anilines is 1. The quantitative estimate of drug-likeness (QED) is 0.796. The van der Waals surface area contributed by atoms with Crippen molar-refractivity contribution in [2.75, 3.05) is 18.0 Å². The van der Waals surface area contributed by atoms with Gasteiger partial charge in [0.05, 0.1) is 0 Å². The number of amides is 1. The molecule has 1 aliphatic carbocycles. The lowest BCUT2D eigenvalue weighted by atomic mass is 10.0. The van der Waals surface area contributed by atoms with E-state index in [1.807, 2.05) is 4.90 Å². The Morgan fingerprint density at radius 2 is 1.64 bits per heavy atom. The third-order valence-corrected chi connectivity index (χ3v) is 5.05. The predicted molar refractivity (Wildman–Crippen MR) is 93.5 cm³/mol. The van der Waals surface area contributed by atoms with Gasteiger partial charge in [0.2, 0.25) is 5.82 Å². The third-order valence-electron chi connectivity index (χ3n) is 5.05. The van der Waals surface area contributed by atoms with Gasteiger partial charge in [-0.25, -0.2) is 19.9 Å². The SMILES string of the molecule is O=C(c1ncccn1)N1CCC(N(c2cc(C(F)(F)F)ncn2)C2CC2)CC1. The molecule has 2 fully saturated rings. The summed E-state index contributed by atoms with van der Waals surface area (Å²) < 4.78 is 39.1. The molecule has 2 aromatic heterocycles. The van der Waals surface area contributed by atoms with E-state index in [1.54, 1.807) is 11.0 Å². The molecule has 2 aromatic rings. The molecule has 1 amide bonds. The molecule has 0 radical (unpaired) electrons. The number of nitrogens with zero attached hydrogens (tertiary/aromatic N) is 6. The molecule has 1 saturated carbocycles. The van der Waals surface area contributed by atoms with Crippen LogP contribution in [-0.4, -0.2) is 55.9 Å². The summed E-state index contributed by atoms with van der Waals surface area (Å²) in [4.78, 5) is 31.6. The minimum absolute atomic E-state index is 0.0317. The van der Waals surface area contributed by atoms with Gasteiger partial charge in [-0.05, 0) is 31.7 Å². The van der Waals surface area contributed by atoms with Crippen molar-refractivity contribution in [3.63, 3.8) is 0 Å². The van der Waals surface area contributed by atoms with Crippen molar-refractivity contribution in [1.29, 1.82) is 0 Å². The van der Waals surface area contributed by atoms with Gasteiger partial charge < -0.3 is 9.80 Å². The fourth-order valence-corrected chi connectivity index (χ4v) is 3.57. The molecule has 2 aliphatic rings. The van der Waals surface area contributed by atoms with Crippen LogP contribution in [-0.2, 0) is 6.18 Å². The Bertz CT molecular complexity index is 835. The van der Waals surface area contributed by atoms with Gasteiger partial charge in [0, 0.05) is 43.6 Å². The van der Waals surface area contributed by atoms with Crippen LogP contribution in [0.3, 0.4) is 0 Å². The van der Waals surface area contributed by atoms with Crippen LogP contribution in [0.15, 0.2) is 30.9 Å². The topological polar surface area (TPSA) is 75.1 Å². The van der Waals surface area contributed by atoms with Crippen LogP contribution in [0.1, 0.15) is 42.0 Å². The molecule has 28 heavy (non-hydrogen) atoms. The molecule has 1 aliphatic heterocycles. The summed E-state index contributed by atoms with van der Waals surface area (Å²) in [5.74, 6) is 0.241. The minimum atomic E-state index is -4.50. The van der Waals surface area contributed by atoms with E-state index in [2.05, 4.69) is 19.9 Å². The van der Waals surface area contributed by atoms with Crippen LogP contribution in [0.2, 0.25) is 0 Å². The Balaban J connectivity index is 1.47. The zero-order valence-corrected chi connectivity index (χ0v) is 15.0. The first-order valence-electron chi connectivity index (χ1n) is 9.17. The molecule has 0 unspecified atom stereocenters. The number of hydrogen-bond acceptors (Lipinski definition) is 6. The monoisotopic (exact) mass is 392 g/mol. The number of likely N-dealkylation sites (tertiary alicyclic amines) is 1. The van der Waals surface area contributed by atoms with E-state index < -0.39 is 11.9 Å². The first-order valence-corrected chi connectivity index (χ1v) is 9.17. The van der Waals surface area contributed by atoms with Crippen molar-refractivity contribution in [3.05, 3.63) is 42.4 Å². The van der Waals surface area contributed by atoms with Gasteiger partial charge in [0.1, 0.15) is 17.8 Å². The number of rotatable bonds is 4. The largest absolute Gasteiger partial charge is 0.433 e. The van der Waals surface area contributed by atoms with Crippen LogP contribution in [0.4, 0.5) is 19.0 Å². The van der Waals surface area contributed by atoms with Crippen LogP contribution in [0, 0.1) is 0 Å². The average Bonchev–Trinajstić information content (AvgIpc) is 3.53. The second kappa shape index (κ2) is 7.33. The van der Waals surface area contributed by atoms with Gasteiger partial charge in [-0.15, -0.1) is 0 Å². The molecule has 0 spiro atoms. The summed E-state index contributed by atoms with van der Waals surface area (Å²) in [6, 6.07) is 2.89. The van der Waals surface area contributed by atoms with Crippen LogP contribution in [0.25, 0.3) is 0 Å². The lowest BCUT2D eigenvalue weighted by Gasteiger charge is -2.39. The zero-order chi connectivity index (χ0) is 19.7. The number of halogens is 3. The smallest absolute Gasteiger partial charge is 0.350 e. The van der Waals surface area contributed by atoms with Crippen LogP contribution in [0.5, 0.6) is 0 Å². The molecular formula is C18H19F3N6O. The van der Waals surface area contributed by atoms with E-state index >= 15 is 0 Å². The summed E-state index contributed by atoms with van der Waals surface area (Å²) in [6.45, 7) is 1.00. The third kappa shape index (κ3) is 3.90. The number of carbonyl (C=O) groups is 1. The highest BCUT2D eigenvalue weighted by Crippen LogP contribution is 2.37. The molecule has 3 heterocycles. The number of aromatic nitrogens is 4. The summed E-state index contributed by atoms with van der Waals surface area (Å²) >= 11 is 0. The Labute approximate surface area is 159 Å². The van der Waals surface area contributed by atoms with Gasteiger partial charge in [0.25, 0.3) is 5.91 Å². The second-order valence-electron chi connectivity index (χ2n) is 6.99. The molecule has 0 atom stereocenters. The van der Waals surface area contributed by atoms with Crippen molar-refractivity contribution < 1.29 is 18.0 Å². The standard InChI is InChI=1S/C18H19F3N6O/c19-18(20,21)14-10-15(25-11-24-14)27(12-2-3-12)13-4-8-26(9-5-13)17(28)16-22-6-1-7-23-16/h1,6-7,10-13H,2-5,8-9H2. The van der Waals surface area contributed by atoms with Crippen LogP contribution >= 0.6 is 0 Å². The van der Waals surface area contributed by atoms with Gasteiger partial charge in [-0.2, -0.15) is 13.2 Å². The Kier molecular flexibility index (Phi) is 4.86. The van der Waals surface area contributed by atoms with Crippen molar-refractivity contribution in [2.24, 2.45) is 0 Å². The Morgan fingerprint density at radius 3 is 2.25 bits per heavy atom. The van der Waals surface area contributed by atoms with E-state index in [9.17, 15) is 18.0 Å². The molecular weight excluding hydrogens is 373 g/mol. The highest BCUT2D eigenvalue weighted by Gasteiger charge is 2.39. The van der Waals surface area contributed by atoms with Gasteiger partial charge in [-0.3, -0.25) is 4.79 Å². The molecule has 0 bridgehead atoms. The lowest BCUT2D eigenvalue weighted by molar-refractivity contribution is -0.141.